The first-order valence-electron chi connectivity index (χ1n) is 10.9. The van der Waals surface area contributed by atoms with E-state index < -0.39 is 0 Å². The van der Waals surface area contributed by atoms with Crippen molar-refractivity contribution in [2.24, 2.45) is 9.98 Å². The average Bonchev–Trinajstić information content (AvgIpc) is 3.56. The Labute approximate surface area is 206 Å². The molecule has 1 aromatic rings. The minimum atomic E-state index is -0.174. The van der Waals surface area contributed by atoms with Gasteiger partial charge >= 0.3 is 0 Å². The van der Waals surface area contributed by atoms with Crippen molar-refractivity contribution in [2.45, 2.75) is 27.3 Å². The molecule has 0 aliphatic carbocycles. The van der Waals surface area contributed by atoms with Gasteiger partial charge in [0.25, 0.3) is 5.91 Å². The summed E-state index contributed by atoms with van der Waals surface area (Å²) in [6.07, 6.45) is 11.6. The molecule has 0 spiro atoms. The minimum Gasteiger partial charge on any atom is -0.497 e. The first-order valence-corrected chi connectivity index (χ1v) is 11.8. The number of nitrogens with zero attached hydrogens (tertiary/aromatic N) is 3. The third-order valence-corrected chi connectivity index (χ3v) is 5.39. The highest BCUT2D eigenvalue weighted by atomic mass is 32.2. The molecule has 2 N–H and O–H groups in total. The quantitative estimate of drug-likeness (QED) is 0.206. The van der Waals surface area contributed by atoms with Crippen LogP contribution < -0.4 is 10.6 Å². The molecule has 0 saturated heterocycles. The molecule has 2 rings (SSSR count). The van der Waals surface area contributed by atoms with E-state index in [1.165, 1.54) is 23.0 Å². The van der Waals surface area contributed by atoms with Crippen molar-refractivity contribution in [3.8, 4) is 0 Å². The van der Waals surface area contributed by atoms with Crippen LogP contribution in [0.3, 0.4) is 0 Å². The monoisotopic (exact) mass is 485 g/mol. The van der Waals surface area contributed by atoms with Crippen LogP contribution in [0.2, 0.25) is 0 Å². The van der Waals surface area contributed by atoms with Gasteiger partial charge in [0.05, 0.1) is 37.5 Å². The fourth-order valence-corrected chi connectivity index (χ4v) is 3.72. The van der Waals surface area contributed by atoms with Crippen molar-refractivity contribution >= 4 is 30.3 Å². The lowest BCUT2D eigenvalue weighted by Gasteiger charge is -2.13. The zero-order valence-corrected chi connectivity index (χ0v) is 21.6. The summed E-state index contributed by atoms with van der Waals surface area (Å²) in [6, 6.07) is 3.73. The molecule has 34 heavy (non-hydrogen) atoms. The molecule has 0 saturated carbocycles. The van der Waals surface area contributed by atoms with Crippen molar-refractivity contribution in [2.75, 3.05) is 27.0 Å². The molecule has 184 valence electrons. The molecular formula is C25H35N5O3S. The van der Waals surface area contributed by atoms with Crippen LogP contribution in [-0.2, 0) is 16.1 Å². The van der Waals surface area contributed by atoms with Gasteiger partial charge in [-0.05, 0) is 42.9 Å². The summed E-state index contributed by atoms with van der Waals surface area (Å²) in [5, 5.41) is 6.44. The molecule has 0 aromatic carbocycles. The molecule has 1 aliphatic rings. The van der Waals surface area contributed by atoms with E-state index in [0.717, 1.165) is 22.7 Å². The number of carbonyl (C=O) groups excluding carboxylic acids is 1. The zero-order chi connectivity index (χ0) is 25.3. The normalized spacial score (nSPS) is 15.5. The Hall–Kier alpha value is -3.46. The van der Waals surface area contributed by atoms with E-state index in [4.69, 9.17) is 9.15 Å². The van der Waals surface area contributed by atoms with Gasteiger partial charge in [0, 0.05) is 31.6 Å². The fraction of sp³-hybridized carbons (Fsp3) is 0.320. The second-order valence-electron chi connectivity index (χ2n) is 6.52. The molecular weight excluding hydrogens is 450 g/mol. The van der Waals surface area contributed by atoms with Crippen molar-refractivity contribution in [1.82, 2.24) is 15.5 Å². The lowest BCUT2D eigenvalue weighted by atomic mass is 10.2. The summed E-state index contributed by atoms with van der Waals surface area (Å²) in [7, 11) is 4.88. The predicted octanol–water partition coefficient (Wildman–Crippen LogP) is 4.59. The van der Waals surface area contributed by atoms with Crippen molar-refractivity contribution in [3.05, 3.63) is 82.8 Å². The lowest BCUT2D eigenvalue weighted by Crippen LogP contribution is -2.27. The van der Waals surface area contributed by atoms with Crippen LogP contribution >= 0.6 is 11.8 Å². The lowest BCUT2D eigenvalue weighted by molar-refractivity contribution is -0.120. The SMILES string of the molecule is C=C/C(OC)=C(C)\C=C\N(C=NC)C(=O)C1=C/C(=C(/NC=NC)NCc2ccco2)CS1.CC. The first kappa shape index (κ1) is 28.6. The second-order valence-corrected chi connectivity index (χ2v) is 7.54. The number of allylic oxidation sites excluding steroid dienone is 4. The van der Waals surface area contributed by atoms with Crippen molar-refractivity contribution in [3.63, 3.8) is 0 Å². The summed E-state index contributed by atoms with van der Waals surface area (Å²) in [4.78, 5) is 23.1. The van der Waals surface area contributed by atoms with Crippen LogP contribution in [0.1, 0.15) is 26.5 Å². The van der Waals surface area contributed by atoms with Gasteiger partial charge < -0.3 is 19.8 Å². The van der Waals surface area contributed by atoms with Crippen molar-refractivity contribution in [1.29, 1.82) is 0 Å². The molecule has 2 heterocycles. The summed E-state index contributed by atoms with van der Waals surface area (Å²) in [5.74, 6) is 2.67. The average molecular weight is 486 g/mol. The Morgan fingerprint density at radius 2 is 2.12 bits per heavy atom. The van der Waals surface area contributed by atoms with Crippen LogP contribution in [0.15, 0.2) is 91.4 Å². The zero-order valence-electron chi connectivity index (χ0n) is 20.8. The summed E-state index contributed by atoms with van der Waals surface area (Å²) in [5.41, 5.74) is 1.79. The van der Waals surface area contributed by atoms with Gasteiger partial charge in [0.2, 0.25) is 0 Å². The summed E-state index contributed by atoms with van der Waals surface area (Å²) >= 11 is 1.46. The fourth-order valence-electron chi connectivity index (χ4n) is 2.73. The maximum Gasteiger partial charge on any atom is 0.269 e. The Morgan fingerprint density at radius 1 is 1.35 bits per heavy atom. The van der Waals surface area contributed by atoms with Crippen LogP contribution in [0, 0.1) is 0 Å². The van der Waals surface area contributed by atoms with Gasteiger partial charge in [-0.15, -0.1) is 11.8 Å². The maximum absolute atomic E-state index is 13.1. The van der Waals surface area contributed by atoms with E-state index >= 15 is 0 Å². The predicted molar refractivity (Wildman–Crippen MR) is 142 cm³/mol. The molecule has 1 amide bonds. The van der Waals surface area contributed by atoms with E-state index in [1.54, 1.807) is 52.2 Å². The minimum absolute atomic E-state index is 0.174. The van der Waals surface area contributed by atoms with Crippen molar-refractivity contribution < 1.29 is 13.9 Å². The highest BCUT2D eigenvalue weighted by molar-refractivity contribution is 8.04. The number of carbonyl (C=O) groups is 1. The molecule has 1 aliphatic heterocycles. The molecule has 0 atom stereocenters. The molecule has 9 heteroatoms. The van der Waals surface area contributed by atoms with Crippen LogP contribution in [-0.4, -0.2) is 50.4 Å². The van der Waals surface area contributed by atoms with Gasteiger partial charge in [-0.2, -0.15) is 0 Å². The van der Waals surface area contributed by atoms with E-state index in [-0.39, 0.29) is 5.91 Å². The third kappa shape index (κ3) is 8.82. The van der Waals surface area contributed by atoms with Gasteiger partial charge in [-0.25, -0.2) is 0 Å². The van der Waals surface area contributed by atoms with Gasteiger partial charge in [-0.3, -0.25) is 19.7 Å². The highest BCUT2D eigenvalue weighted by Crippen LogP contribution is 2.31. The molecule has 0 bridgehead atoms. The van der Waals surface area contributed by atoms with E-state index in [9.17, 15) is 4.79 Å². The Kier molecular flexibility index (Phi) is 13.6. The van der Waals surface area contributed by atoms with E-state index in [2.05, 4.69) is 27.2 Å². The molecule has 8 nitrogen and oxygen atoms in total. The maximum atomic E-state index is 13.1. The summed E-state index contributed by atoms with van der Waals surface area (Å²) < 4.78 is 10.6. The van der Waals surface area contributed by atoms with Crippen LogP contribution in [0.5, 0.6) is 0 Å². The number of hydrogen-bond acceptors (Lipinski definition) is 7. The van der Waals surface area contributed by atoms with E-state index in [0.29, 0.717) is 23.0 Å². The number of ether oxygens (including phenoxy) is 1. The van der Waals surface area contributed by atoms with Crippen LogP contribution in [0.25, 0.3) is 0 Å². The first-order chi connectivity index (χ1) is 16.5. The standard InChI is InChI=1S/C23H29N5O3S.C2H6/c1-6-20(30-5)17(2)9-10-28(16-25-4)23(29)21-12-18(14-32-21)22(27-15-24-3)26-13-19-8-7-11-31-19;1-2/h6-12,15-16,26H,1,13-14H2,2-5H3,(H,24,27);1-2H3/b10-9+,20-17+,22-18-,25-16?;. The molecule has 1 aromatic heterocycles. The Balaban J connectivity index is 0.00000281. The largest absolute Gasteiger partial charge is 0.497 e. The third-order valence-electron chi connectivity index (χ3n) is 4.33. The second kappa shape index (κ2) is 16.2. The van der Waals surface area contributed by atoms with Gasteiger partial charge in [0.15, 0.2) is 0 Å². The van der Waals surface area contributed by atoms with Gasteiger partial charge in [0.1, 0.15) is 17.3 Å². The smallest absolute Gasteiger partial charge is 0.269 e. The summed E-state index contributed by atoms with van der Waals surface area (Å²) in [6.45, 7) is 10.1. The van der Waals surface area contributed by atoms with Crippen LogP contribution in [0.4, 0.5) is 0 Å². The number of rotatable bonds is 11. The Bertz CT molecular complexity index is 973. The number of amides is 1. The van der Waals surface area contributed by atoms with E-state index in [1.807, 2.05) is 39.0 Å². The molecule has 0 unspecified atom stereocenters. The topological polar surface area (TPSA) is 91.5 Å². The Morgan fingerprint density at radius 3 is 2.71 bits per heavy atom. The number of furan rings is 1. The number of nitrogens with one attached hydrogen (secondary N) is 2. The number of hydrogen-bond donors (Lipinski definition) is 2. The number of thioether (sulfide) groups is 1. The molecule has 0 fully saturated rings. The highest BCUT2D eigenvalue weighted by Gasteiger charge is 2.23. The number of aliphatic imine (C=N–C) groups is 2. The van der Waals surface area contributed by atoms with Gasteiger partial charge in [-0.1, -0.05) is 20.4 Å². The molecule has 0 radical (unpaired) electrons. The number of methoxy groups -OCH3 is 1.